The van der Waals surface area contributed by atoms with Gasteiger partial charge in [-0.25, -0.2) is 13.1 Å². The van der Waals surface area contributed by atoms with Gasteiger partial charge in [-0.05, 0) is 36.8 Å². The third-order valence-electron chi connectivity index (χ3n) is 3.46. The van der Waals surface area contributed by atoms with Crippen LogP contribution in [0.15, 0.2) is 23.1 Å². The van der Waals surface area contributed by atoms with Gasteiger partial charge < -0.3 is 5.32 Å². The first-order valence-corrected chi connectivity index (χ1v) is 10.1. The molecule has 1 aliphatic carbocycles. The quantitative estimate of drug-likeness (QED) is 0.758. The van der Waals surface area contributed by atoms with E-state index in [1.807, 2.05) is 13.2 Å². The first-order valence-electron chi connectivity index (χ1n) is 6.96. The van der Waals surface area contributed by atoms with E-state index in [0.29, 0.717) is 24.2 Å². The van der Waals surface area contributed by atoms with E-state index >= 15 is 0 Å². The highest BCUT2D eigenvalue weighted by molar-refractivity contribution is 7.99. The molecule has 0 saturated heterocycles. The summed E-state index contributed by atoms with van der Waals surface area (Å²) in [7, 11) is -3.49. The van der Waals surface area contributed by atoms with Gasteiger partial charge in [0.2, 0.25) is 10.0 Å². The van der Waals surface area contributed by atoms with E-state index in [9.17, 15) is 8.42 Å². The summed E-state index contributed by atoms with van der Waals surface area (Å²) in [6.45, 7) is 3.07. The molecule has 0 heterocycles. The van der Waals surface area contributed by atoms with Crippen LogP contribution >= 0.6 is 23.4 Å². The third kappa shape index (κ3) is 5.14. The van der Waals surface area contributed by atoms with Gasteiger partial charge in [0.15, 0.2) is 0 Å². The second-order valence-corrected chi connectivity index (χ2v) is 8.76. The molecule has 1 aromatic carbocycles. The van der Waals surface area contributed by atoms with Crippen molar-refractivity contribution in [2.24, 2.45) is 0 Å². The van der Waals surface area contributed by atoms with Crippen molar-refractivity contribution in [3.8, 4) is 0 Å². The fourth-order valence-electron chi connectivity index (χ4n) is 1.77. The van der Waals surface area contributed by atoms with Crippen LogP contribution in [0.25, 0.3) is 0 Å². The molecule has 1 unspecified atom stereocenters. The van der Waals surface area contributed by atoms with Crippen LogP contribution in [0.3, 0.4) is 0 Å². The van der Waals surface area contributed by atoms with E-state index in [4.69, 9.17) is 11.6 Å². The van der Waals surface area contributed by atoms with E-state index in [1.165, 1.54) is 18.9 Å². The highest BCUT2D eigenvalue weighted by Gasteiger charge is 2.21. The van der Waals surface area contributed by atoms with Crippen LogP contribution in [-0.4, -0.2) is 32.5 Å². The predicted octanol–water partition coefficient (Wildman–Crippen LogP) is 2.62. The zero-order valence-corrected chi connectivity index (χ0v) is 14.6. The van der Waals surface area contributed by atoms with E-state index in [0.717, 1.165) is 5.56 Å². The second-order valence-electron chi connectivity index (χ2n) is 5.31. The van der Waals surface area contributed by atoms with Gasteiger partial charge in [-0.15, -0.1) is 0 Å². The Kier molecular flexibility index (Phi) is 5.96. The highest BCUT2D eigenvalue weighted by atomic mass is 35.5. The van der Waals surface area contributed by atoms with Gasteiger partial charge in [0.05, 0.1) is 4.90 Å². The largest absolute Gasteiger partial charge is 0.310 e. The summed E-state index contributed by atoms with van der Waals surface area (Å²) >= 11 is 7.81. The third-order valence-corrected chi connectivity index (χ3v) is 6.20. The molecule has 2 rings (SSSR count). The first-order chi connectivity index (χ1) is 9.92. The minimum absolute atomic E-state index is 0.218. The minimum atomic E-state index is -3.49. The Morgan fingerprint density at radius 2 is 2.14 bits per heavy atom. The lowest BCUT2D eigenvalue weighted by Crippen LogP contribution is -2.29. The van der Waals surface area contributed by atoms with Crippen molar-refractivity contribution in [1.29, 1.82) is 0 Å². The number of benzene rings is 1. The van der Waals surface area contributed by atoms with Crippen molar-refractivity contribution < 1.29 is 8.42 Å². The maximum atomic E-state index is 12.2. The number of nitrogens with one attached hydrogen (secondary N) is 2. The van der Waals surface area contributed by atoms with Crippen LogP contribution in [-0.2, 0) is 16.6 Å². The van der Waals surface area contributed by atoms with E-state index in [1.54, 1.807) is 23.9 Å². The Hall–Kier alpha value is -0.270. The molecule has 0 aliphatic heterocycles. The number of thioether (sulfide) groups is 1. The molecule has 1 aromatic rings. The van der Waals surface area contributed by atoms with Gasteiger partial charge in [0, 0.05) is 29.4 Å². The van der Waals surface area contributed by atoms with Crippen molar-refractivity contribution in [1.82, 2.24) is 10.0 Å². The fourth-order valence-corrected chi connectivity index (χ4v) is 3.60. The average Bonchev–Trinajstić information content (AvgIpc) is 3.27. The summed E-state index contributed by atoms with van der Waals surface area (Å²) in [5, 5.41) is 4.09. The zero-order valence-electron chi connectivity index (χ0n) is 12.2. The topological polar surface area (TPSA) is 58.2 Å². The number of sulfonamides is 1. The summed E-state index contributed by atoms with van der Waals surface area (Å²) in [5.41, 5.74) is 0.931. The summed E-state index contributed by atoms with van der Waals surface area (Å²) in [6.07, 6.45) is 4.38. The Morgan fingerprint density at radius 3 is 2.71 bits per heavy atom. The van der Waals surface area contributed by atoms with Crippen molar-refractivity contribution >= 4 is 33.4 Å². The molecule has 118 valence electrons. The molecule has 0 bridgehead atoms. The van der Waals surface area contributed by atoms with Gasteiger partial charge in [-0.2, -0.15) is 11.8 Å². The van der Waals surface area contributed by atoms with Gasteiger partial charge >= 0.3 is 0 Å². The molecular weight excluding hydrogens is 328 g/mol. The summed E-state index contributed by atoms with van der Waals surface area (Å²) < 4.78 is 27.0. The van der Waals surface area contributed by atoms with Crippen molar-refractivity contribution in [2.75, 3.05) is 12.8 Å². The molecule has 1 fully saturated rings. The second kappa shape index (κ2) is 7.33. The van der Waals surface area contributed by atoms with Gasteiger partial charge in [0.1, 0.15) is 0 Å². The minimum Gasteiger partial charge on any atom is -0.310 e. The Balaban J connectivity index is 2.03. The number of rotatable bonds is 8. The lowest BCUT2D eigenvalue weighted by Gasteiger charge is -2.12. The molecule has 1 saturated carbocycles. The zero-order chi connectivity index (χ0) is 15.5. The van der Waals surface area contributed by atoms with Gasteiger partial charge in [0.25, 0.3) is 0 Å². The molecular formula is C14H21ClN2O2S2. The van der Waals surface area contributed by atoms with Crippen molar-refractivity contribution in [3.63, 3.8) is 0 Å². The van der Waals surface area contributed by atoms with Crippen LogP contribution < -0.4 is 10.0 Å². The van der Waals surface area contributed by atoms with E-state index in [2.05, 4.69) is 10.0 Å². The number of hydrogen-bond acceptors (Lipinski definition) is 4. The molecule has 1 atom stereocenters. The van der Waals surface area contributed by atoms with Gasteiger partial charge in [-0.1, -0.05) is 24.6 Å². The van der Waals surface area contributed by atoms with E-state index in [-0.39, 0.29) is 10.1 Å². The maximum Gasteiger partial charge on any atom is 0.240 e. The molecule has 21 heavy (non-hydrogen) atoms. The molecule has 1 aliphatic rings. The SMILES string of the molecule is CSC(C)CNS(=O)(=O)c1ccc(CNC2CC2)c(Cl)c1. The summed E-state index contributed by atoms with van der Waals surface area (Å²) in [4.78, 5) is 0.218. The fraction of sp³-hybridized carbons (Fsp3) is 0.571. The Morgan fingerprint density at radius 1 is 1.43 bits per heavy atom. The smallest absolute Gasteiger partial charge is 0.240 e. The van der Waals surface area contributed by atoms with Crippen LogP contribution in [0.5, 0.6) is 0 Å². The van der Waals surface area contributed by atoms with Gasteiger partial charge in [-0.3, -0.25) is 0 Å². The van der Waals surface area contributed by atoms with Crippen LogP contribution in [0.2, 0.25) is 5.02 Å². The molecule has 7 heteroatoms. The highest BCUT2D eigenvalue weighted by Crippen LogP contribution is 2.23. The van der Waals surface area contributed by atoms with Crippen LogP contribution in [0.1, 0.15) is 25.3 Å². The molecule has 0 radical (unpaired) electrons. The number of halogens is 1. The van der Waals surface area contributed by atoms with E-state index < -0.39 is 10.0 Å². The molecule has 4 nitrogen and oxygen atoms in total. The van der Waals surface area contributed by atoms with Crippen molar-refractivity contribution in [2.45, 2.75) is 42.5 Å². The van der Waals surface area contributed by atoms with Crippen molar-refractivity contribution in [3.05, 3.63) is 28.8 Å². The lowest BCUT2D eigenvalue weighted by molar-refractivity contribution is 0.581. The number of hydrogen-bond donors (Lipinski definition) is 2. The summed E-state index contributed by atoms with van der Waals surface area (Å²) in [5.74, 6) is 0. The molecule has 0 amide bonds. The standard InChI is InChI=1S/C14H21ClN2O2S2/c1-10(20-2)8-17-21(18,19)13-6-3-11(14(15)7-13)9-16-12-4-5-12/h3,6-7,10,12,16-17H,4-5,8-9H2,1-2H3. The molecule has 0 spiro atoms. The maximum absolute atomic E-state index is 12.2. The lowest BCUT2D eigenvalue weighted by atomic mass is 10.2. The summed E-state index contributed by atoms with van der Waals surface area (Å²) in [6, 6.07) is 5.52. The predicted molar refractivity (Wildman–Crippen MR) is 89.5 cm³/mol. The monoisotopic (exact) mass is 348 g/mol. The first kappa shape index (κ1) is 17.1. The average molecular weight is 349 g/mol. The molecule has 0 aromatic heterocycles. The van der Waals surface area contributed by atoms with Crippen LogP contribution in [0, 0.1) is 0 Å². The normalized spacial score (nSPS) is 16.9. The Bertz CT molecular complexity index is 589. The Labute approximate surface area is 136 Å². The molecule has 2 N–H and O–H groups in total. The van der Waals surface area contributed by atoms with Crippen LogP contribution in [0.4, 0.5) is 0 Å².